The van der Waals surface area contributed by atoms with Crippen LogP contribution in [0.2, 0.25) is 0 Å². The lowest BCUT2D eigenvalue weighted by molar-refractivity contribution is -0.0257. The van der Waals surface area contributed by atoms with E-state index in [2.05, 4.69) is 15.1 Å². The summed E-state index contributed by atoms with van der Waals surface area (Å²) >= 11 is 0. The van der Waals surface area contributed by atoms with Crippen LogP contribution in [-0.4, -0.2) is 57.2 Å². The molecule has 3 aromatic rings. The van der Waals surface area contributed by atoms with Gasteiger partial charge in [0.25, 0.3) is 11.7 Å². The molecule has 4 rings (SSSR count). The molecule has 134 valence electrons. The third kappa shape index (κ3) is 2.99. The lowest BCUT2D eigenvalue weighted by Crippen LogP contribution is -2.42. The Labute approximate surface area is 150 Å². The molecule has 1 atom stereocenters. The predicted molar refractivity (Wildman–Crippen MR) is 93.1 cm³/mol. The highest BCUT2D eigenvalue weighted by atomic mass is 16.5. The van der Waals surface area contributed by atoms with Crippen molar-refractivity contribution in [1.29, 1.82) is 0 Å². The smallest absolute Gasteiger partial charge is 0.254 e. The van der Waals surface area contributed by atoms with Gasteiger partial charge in [-0.1, -0.05) is 0 Å². The summed E-state index contributed by atoms with van der Waals surface area (Å²) in [6.45, 7) is 3.36. The molecule has 26 heavy (non-hydrogen) atoms. The van der Waals surface area contributed by atoms with Gasteiger partial charge in [0.05, 0.1) is 26.0 Å². The summed E-state index contributed by atoms with van der Waals surface area (Å²) in [5, 5.41) is 4.23. The molecular formula is C18H19N5O3. The fourth-order valence-electron chi connectivity index (χ4n) is 3.12. The molecule has 1 unspecified atom stereocenters. The van der Waals surface area contributed by atoms with E-state index >= 15 is 0 Å². The zero-order valence-corrected chi connectivity index (χ0v) is 14.6. The number of carbonyl (C=O) groups excluding carboxylic acids is 1. The highest BCUT2D eigenvalue weighted by molar-refractivity contribution is 5.94. The Morgan fingerprint density at radius 1 is 1.31 bits per heavy atom. The SMILES string of the molecule is COc1ccc(C(=O)N2CCOC(c3cc(C)nc4ncnn34)C2)cc1. The van der Waals surface area contributed by atoms with Crippen LogP contribution in [0.4, 0.5) is 0 Å². The van der Waals surface area contributed by atoms with Crippen LogP contribution in [-0.2, 0) is 4.74 Å². The van der Waals surface area contributed by atoms with Gasteiger partial charge in [-0.15, -0.1) is 0 Å². The van der Waals surface area contributed by atoms with Gasteiger partial charge in [-0.3, -0.25) is 4.79 Å². The van der Waals surface area contributed by atoms with E-state index in [4.69, 9.17) is 9.47 Å². The molecule has 0 N–H and O–H groups in total. The minimum Gasteiger partial charge on any atom is -0.497 e. The first-order chi connectivity index (χ1) is 12.7. The van der Waals surface area contributed by atoms with Gasteiger partial charge in [0.2, 0.25) is 0 Å². The van der Waals surface area contributed by atoms with Crippen molar-refractivity contribution >= 4 is 11.7 Å². The highest BCUT2D eigenvalue weighted by Gasteiger charge is 2.28. The van der Waals surface area contributed by atoms with Crippen LogP contribution in [0.1, 0.15) is 27.8 Å². The molecule has 0 spiro atoms. The summed E-state index contributed by atoms with van der Waals surface area (Å²) in [6, 6.07) is 9.05. The Balaban J connectivity index is 1.58. The first-order valence-corrected chi connectivity index (χ1v) is 8.38. The monoisotopic (exact) mass is 353 g/mol. The van der Waals surface area contributed by atoms with Crippen LogP contribution >= 0.6 is 0 Å². The Kier molecular flexibility index (Phi) is 4.26. The zero-order chi connectivity index (χ0) is 18.1. The lowest BCUT2D eigenvalue weighted by atomic mass is 10.1. The Hall–Kier alpha value is -3.00. The maximum atomic E-state index is 12.8. The third-order valence-corrected chi connectivity index (χ3v) is 4.43. The van der Waals surface area contributed by atoms with E-state index in [9.17, 15) is 4.79 Å². The average molecular weight is 353 g/mol. The predicted octanol–water partition coefficient (Wildman–Crippen LogP) is 1.66. The number of fused-ring (bicyclic) bond motifs is 1. The normalized spacial score (nSPS) is 17.5. The van der Waals surface area contributed by atoms with Gasteiger partial charge < -0.3 is 14.4 Å². The summed E-state index contributed by atoms with van der Waals surface area (Å²) in [7, 11) is 1.60. The van der Waals surface area contributed by atoms with Crippen molar-refractivity contribution in [2.75, 3.05) is 26.8 Å². The van der Waals surface area contributed by atoms with Crippen molar-refractivity contribution in [1.82, 2.24) is 24.5 Å². The molecule has 0 bridgehead atoms. The number of hydrogen-bond donors (Lipinski definition) is 0. The molecule has 8 nitrogen and oxygen atoms in total. The summed E-state index contributed by atoms with van der Waals surface area (Å²) in [5.74, 6) is 1.23. The van der Waals surface area contributed by atoms with Crippen molar-refractivity contribution < 1.29 is 14.3 Å². The molecule has 2 aromatic heterocycles. The van der Waals surface area contributed by atoms with Crippen LogP contribution in [0.15, 0.2) is 36.7 Å². The summed E-state index contributed by atoms with van der Waals surface area (Å²) in [6.07, 6.45) is 1.19. The van der Waals surface area contributed by atoms with Gasteiger partial charge in [0.15, 0.2) is 0 Å². The van der Waals surface area contributed by atoms with Crippen LogP contribution < -0.4 is 4.74 Å². The van der Waals surface area contributed by atoms with Crippen molar-refractivity contribution in [2.45, 2.75) is 13.0 Å². The van der Waals surface area contributed by atoms with Gasteiger partial charge in [-0.05, 0) is 37.3 Å². The second kappa shape index (κ2) is 6.72. The number of carbonyl (C=O) groups is 1. The maximum absolute atomic E-state index is 12.8. The number of ether oxygens (including phenoxy) is 2. The molecule has 1 saturated heterocycles. The highest BCUT2D eigenvalue weighted by Crippen LogP contribution is 2.24. The Bertz CT molecular complexity index is 938. The van der Waals surface area contributed by atoms with E-state index < -0.39 is 0 Å². The number of aryl methyl sites for hydroxylation is 1. The molecule has 1 aromatic carbocycles. The number of aromatic nitrogens is 4. The van der Waals surface area contributed by atoms with Crippen LogP contribution in [0.25, 0.3) is 5.78 Å². The fourth-order valence-corrected chi connectivity index (χ4v) is 3.12. The molecule has 0 radical (unpaired) electrons. The quantitative estimate of drug-likeness (QED) is 0.712. The molecule has 1 aliphatic rings. The van der Waals surface area contributed by atoms with Crippen molar-refractivity contribution in [3.63, 3.8) is 0 Å². The van der Waals surface area contributed by atoms with Crippen LogP contribution in [0.5, 0.6) is 5.75 Å². The topological polar surface area (TPSA) is 81.8 Å². The van der Waals surface area contributed by atoms with Gasteiger partial charge >= 0.3 is 0 Å². The zero-order valence-electron chi connectivity index (χ0n) is 14.6. The first-order valence-electron chi connectivity index (χ1n) is 8.38. The molecular weight excluding hydrogens is 334 g/mol. The number of rotatable bonds is 3. The number of amides is 1. The molecule has 0 saturated carbocycles. The maximum Gasteiger partial charge on any atom is 0.254 e. The Morgan fingerprint density at radius 3 is 2.88 bits per heavy atom. The van der Waals surface area contributed by atoms with E-state index in [0.717, 1.165) is 17.1 Å². The van der Waals surface area contributed by atoms with E-state index in [-0.39, 0.29) is 12.0 Å². The Morgan fingerprint density at radius 2 is 2.12 bits per heavy atom. The minimum absolute atomic E-state index is 0.0263. The second-order valence-electron chi connectivity index (χ2n) is 6.13. The van der Waals surface area contributed by atoms with E-state index in [1.165, 1.54) is 6.33 Å². The first kappa shape index (κ1) is 16.5. The second-order valence-corrected chi connectivity index (χ2v) is 6.13. The standard InChI is InChI=1S/C18H19N5O3/c1-12-9-15(23-18(21-12)19-11-20-23)16-10-22(7-8-26-16)17(24)13-3-5-14(25-2)6-4-13/h3-6,9,11,16H,7-8,10H2,1-2H3. The largest absolute Gasteiger partial charge is 0.497 e. The van der Waals surface area contributed by atoms with Crippen LogP contribution in [0.3, 0.4) is 0 Å². The number of benzene rings is 1. The molecule has 3 heterocycles. The number of hydrogen-bond acceptors (Lipinski definition) is 6. The summed E-state index contributed by atoms with van der Waals surface area (Å²) < 4.78 is 12.7. The number of nitrogens with zero attached hydrogens (tertiary/aromatic N) is 5. The molecule has 1 aliphatic heterocycles. The number of morpholine rings is 1. The molecule has 8 heteroatoms. The van der Waals surface area contributed by atoms with Crippen molar-refractivity contribution in [3.8, 4) is 5.75 Å². The van der Waals surface area contributed by atoms with E-state index in [1.54, 1.807) is 40.8 Å². The lowest BCUT2D eigenvalue weighted by Gasteiger charge is -2.33. The van der Waals surface area contributed by atoms with Gasteiger partial charge in [0.1, 0.15) is 18.2 Å². The van der Waals surface area contributed by atoms with Crippen molar-refractivity contribution in [2.24, 2.45) is 0 Å². The molecule has 0 aliphatic carbocycles. The third-order valence-electron chi connectivity index (χ3n) is 4.43. The summed E-state index contributed by atoms with van der Waals surface area (Å²) in [4.78, 5) is 23.1. The van der Waals surface area contributed by atoms with Gasteiger partial charge in [-0.25, -0.2) is 4.98 Å². The van der Waals surface area contributed by atoms with Crippen LogP contribution in [0, 0.1) is 6.92 Å². The minimum atomic E-state index is -0.281. The van der Waals surface area contributed by atoms with Crippen molar-refractivity contribution in [3.05, 3.63) is 53.6 Å². The van der Waals surface area contributed by atoms with Gasteiger partial charge in [0, 0.05) is 17.8 Å². The molecule has 1 fully saturated rings. The number of methoxy groups -OCH3 is 1. The van der Waals surface area contributed by atoms with E-state index in [0.29, 0.717) is 31.0 Å². The van der Waals surface area contributed by atoms with Gasteiger partial charge in [-0.2, -0.15) is 14.6 Å². The van der Waals surface area contributed by atoms with E-state index in [1.807, 2.05) is 13.0 Å². The summed E-state index contributed by atoms with van der Waals surface area (Å²) in [5.41, 5.74) is 2.31. The fraction of sp³-hybridized carbons (Fsp3) is 0.333. The average Bonchev–Trinajstić information content (AvgIpc) is 3.15. The molecule has 1 amide bonds.